The lowest BCUT2D eigenvalue weighted by Crippen LogP contribution is -2.37. The number of thiocarbonyl (C=S) groups is 1. The molecule has 0 aromatic heterocycles. The number of hydrogen-bond donors (Lipinski definition) is 4. The Balaban J connectivity index is 2.55. The van der Waals surface area contributed by atoms with Crippen LogP contribution in [-0.4, -0.2) is 38.8 Å². The quantitative estimate of drug-likeness (QED) is 0.125. The number of phenolic OH excluding ortho intramolecular Hbond substituents is 1. The molecule has 0 radical (unpaired) electrons. The molecule has 0 heterocycles. The van der Waals surface area contributed by atoms with Gasteiger partial charge in [-0.3, -0.25) is 0 Å². The Morgan fingerprint density at radius 1 is 1.03 bits per heavy atom. The molecule has 5 nitrogen and oxygen atoms in total. The van der Waals surface area contributed by atoms with Crippen molar-refractivity contribution in [3.63, 3.8) is 0 Å². The minimum Gasteiger partial charge on any atom is -0.508 e. The molecule has 1 aromatic rings. The van der Waals surface area contributed by atoms with Gasteiger partial charge < -0.3 is 25.8 Å². The van der Waals surface area contributed by atoms with Crippen molar-refractivity contribution in [3.8, 4) is 5.75 Å². The number of phenols is 1. The summed E-state index contributed by atoms with van der Waals surface area (Å²) in [6, 6.07) is 7.29. The lowest BCUT2D eigenvalue weighted by molar-refractivity contribution is 0.00229. The van der Waals surface area contributed by atoms with E-state index in [1.165, 1.54) is 0 Å². The molecular weight excluding hydrogens is 470 g/mol. The van der Waals surface area contributed by atoms with E-state index < -0.39 is 12.2 Å². The Morgan fingerprint density at radius 3 is 2.31 bits per heavy atom. The van der Waals surface area contributed by atoms with E-state index in [-0.39, 0.29) is 40.7 Å². The molecule has 200 valence electrons. The second-order valence-electron chi connectivity index (χ2n) is 9.71. The number of nitrogens with two attached hydrogens (primary N) is 1. The molecular formula is C30H45NO4S. The molecule has 0 bridgehead atoms. The van der Waals surface area contributed by atoms with Crippen molar-refractivity contribution in [3.05, 3.63) is 78.9 Å². The highest BCUT2D eigenvalue weighted by molar-refractivity contribution is 7.80. The third-order valence-corrected chi connectivity index (χ3v) is 6.69. The van der Waals surface area contributed by atoms with Crippen LogP contribution < -0.4 is 5.73 Å². The number of rotatable bonds is 16. The van der Waals surface area contributed by atoms with E-state index in [4.69, 9.17) is 22.7 Å². The molecule has 0 spiro atoms. The van der Waals surface area contributed by atoms with Crippen LogP contribution in [0.25, 0.3) is 0 Å². The Bertz CT molecular complexity index is 881. The molecule has 1 rings (SSSR count). The number of benzene rings is 1. The molecule has 7 atom stereocenters. The Hall–Kier alpha value is -2.41. The molecule has 0 amide bonds. The summed E-state index contributed by atoms with van der Waals surface area (Å²) in [5.74, 6) is 0.102. The maximum Gasteiger partial charge on any atom is 0.254 e. The molecule has 5 N–H and O–H groups in total. The van der Waals surface area contributed by atoms with E-state index in [1.807, 2.05) is 64.1 Å². The Labute approximate surface area is 223 Å². The second kappa shape index (κ2) is 17.1. The topological polar surface area (TPSA) is 95.9 Å². The fourth-order valence-electron chi connectivity index (χ4n) is 4.19. The zero-order valence-corrected chi connectivity index (χ0v) is 23.0. The minimum atomic E-state index is -0.597. The molecule has 0 saturated heterocycles. The van der Waals surface area contributed by atoms with Crippen molar-refractivity contribution in [1.82, 2.24) is 0 Å². The van der Waals surface area contributed by atoms with Crippen LogP contribution in [0.1, 0.15) is 52.5 Å². The standard InChI is InChI=1S/C30H45NO4S/c1-6-7-8-19-27(35-30(31)36)24(5)29(34)23(4)15-11-14-22(3)28(33)21(2)13-9-10-16-25-17-12-18-26(32)20-25/h6-9,11-14,17-18,20-24,27-29,32-34H,1,10,15-16,19H2,2-5H3,(H2,31,36)/b8-7-,13-9-,14-11-. The molecule has 1 aromatic carbocycles. The van der Waals surface area contributed by atoms with Crippen LogP contribution in [0.5, 0.6) is 5.75 Å². The summed E-state index contributed by atoms with van der Waals surface area (Å²) in [6.07, 6.45) is 15.2. The summed E-state index contributed by atoms with van der Waals surface area (Å²) in [4.78, 5) is 0. The monoisotopic (exact) mass is 515 g/mol. The molecule has 0 aliphatic heterocycles. The van der Waals surface area contributed by atoms with Gasteiger partial charge in [-0.1, -0.05) is 88.9 Å². The highest BCUT2D eigenvalue weighted by atomic mass is 32.1. The summed E-state index contributed by atoms with van der Waals surface area (Å²) in [5, 5.41) is 31.1. The predicted octanol–water partition coefficient (Wildman–Crippen LogP) is 5.85. The number of aliphatic hydroxyl groups is 2. The molecule has 7 unspecified atom stereocenters. The van der Waals surface area contributed by atoms with E-state index in [2.05, 4.69) is 18.7 Å². The summed E-state index contributed by atoms with van der Waals surface area (Å²) < 4.78 is 5.60. The fourth-order valence-corrected chi connectivity index (χ4v) is 4.32. The third-order valence-electron chi connectivity index (χ3n) is 6.59. The maximum absolute atomic E-state index is 10.9. The largest absolute Gasteiger partial charge is 0.508 e. The van der Waals surface area contributed by atoms with Gasteiger partial charge in [-0.15, -0.1) is 0 Å². The molecule has 6 heteroatoms. The molecule has 0 saturated carbocycles. The van der Waals surface area contributed by atoms with Crippen molar-refractivity contribution in [1.29, 1.82) is 0 Å². The van der Waals surface area contributed by atoms with Gasteiger partial charge >= 0.3 is 0 Å². The summed E-state index contributed by atoms with van der Waals surface area (Å²) in [6.45, 7) is 11.6. The average Bonchev–Trinajstić information content (AvgIpc) is 2.84. The zero-order valence-electron chi connectivity index (χ0n) is 22.2. The van der Waals surface area contributed by atoms with Crippen molar-refractivity contribution < 1.29 is 20.1 Å². The SMILES string of the molecule is C=C/C=C\CC(OC(N)=S)C(C)C(O)C(C)C/C=C\C(C)C(O)C(C)/C=C\CCc1cccc(O)c1. The van der Waals surface area contributed by atoms with Crippen LogP contribution in [0.4, 0.5) is 0 Å². The molecule has 36 heavy (non-hydrogen) atoms. The number of allylic oxidation sites excluding steroid dienone is 4. The number of ether oxygens (including phenoxy) is 1. The Morgan fingerprint density at radius 2 is 1.69 bits per heavy atom. The number of aliphatic hydroxyl groups excluding tert-OH is 2. The predicted molar refractivity (Wildman–Crippen MR) is 154 cm³/mol. The first-order valence-electron chi connectivity index (χ1n) is 12.8. The fraction of sp³-hybridized carbons (Fsp3) is 0.500. The van der Waals surface area contributed by atoms with Crippen LogP contribution >= 0.6 is 12.2 Å². The summed E-state index contributed by atoms with van der Waals surface area (Å²) in [7, 11) is 0. The second-order valence-corrected chi connectivity index (χ2v) is 10.1. The van der Waals surface area contributed by atoms with Gasteiger partial charge in [0.1, 0.15) is 11.9 Å². The first-order valence-corrected chi connectivity index (χ1v) is 13.2. The van der Waals surface area contributed by atoms with Gasteiger partial charge in [0.15, 0.2) is 0 Å². The van der Waals surface area contributed by atoms with E-state index >= 15 is 0 Å². The van der Waals surface area contributed by atoms with Crippen LogP contribution in [0.3, 0.4) is 0 Å². The van der Waals surface area contributed by atoms with Gasteiger partial charge in [-0.2, -0.15) is 0 Å². The zero-order chi connectivity index (χ0) is 27.1. The number of aryl methyl sites for hydroxylation is 1. The lowest BCUT2D eigenvalue weighted by Gasteiger charge is -2.30. The highest BCUT2D eigenvalue weighted by Crippen LogP contribution is 2.25. The van der Waals surface area contributed by atoms with E-state index in [0.29, 0.717) is 12.8 Å². The lowest BCUT2D eigenvalue weighted by atomic mass is 9.85. The Kier molecular flexibility index (Phi) is 15.0. The van der Waals surface area contributed by atoms with E-state index in [9.17, 15) is 15.3 Å². The third kappa shape index (κ3) is 12.0. The van der Waals surface area contributed by atoms with Crippen molar-refractivity contribution in [2.24, 2.45) is 29.4 Å². The van der Waals surface area contributed by atoms with Crippen molar-refractivity contribution >= 4 is 17.4 Å². The summed E-state index contributed by atoms with van der Waals surface area (Å²) >= 11 is 4.91. The van der Waals surface area contributed by atoms with Gasteiger partial charge in [0.2, 0.25) is 0 Å². The summed E-state index contributed by atoms with van der Waals surface area (Å²) in [5.41, 5.74) is 6.67. The number of hydrogen-bond acceptors (Lipinski definition) is 5. The smallest absolute Gasteiger partial charge is 0.254 e. The van der Waals surface area contributed by atoms with Gasteiger partial charge in [-0.25, -0.2) is 0 Å². The molecule has 0 aliphatic carbocycles. The highest BCUT2D eigenvalue weighted by Gasteiger charge is 2.29. The first kappa shape index (κ1) is 31.6. The van der Waals surface area contributed by atoms with Crippen LogP contribution in [0, 0.1) is 23.7 Å². The molecule has 0 aliphatic rings. The van der Waals surface area contributed by atoms with Gasteiger partial charge in [0.25, 0.3) is 5.17 Å². The van der Waals surface area contributed by atoms with Crippen LogP contribution in [0.15, 0.2) is 73.4 Å². The number of aromatic hydroxyl groups is 1. The van der Waals surface area contributed by atoms with Crippen LogP contribution in [0.2, 0.25) is 0 Å². The maximum atomic E-state index is 10.9. The van der Waals surface area contributed by atoms with Gasteiger partial charge in [-0.05, 0) is 55.1 Å². The van der Waals surface area contributed by atoms with Gasteiger partial charge in [0.05, 0.1) is 12.2 Å². The van der Waals surface area contributed by atoms with Crippen molar-refractivity contribution in [2.75, 3.05) is 0 Å². The van der Waals surface area contributed by atoms with Crippen LogP contribution in [-0.2, 0) is 11.2 Å². The molecule has 0 fully saturated rings. The normalized spacial score (nSPS) is 18.1. The van der Waals surface area contributed by atoms with E-state index in [1.54, 1.807) is 18.2 Å². The van der Waals surface area contributed by atoms with Gasteiger partial charge in [0, 0.05) is 24.2 Å². The minimum absolute atomic E-state index is 0.00355. The van der Waals surface area contributed by atoms with Crippen molar-refractivity contribution in [2.45, 2.75) is 71.7 Å². The average molecular weight is 516 g/mol. The first-order chi connectivity index (χ1) is 17.1. The van der Waals surface area contributed by atoms with E-state index in [0.717, 1.165) is 18.4 Å².